The zero-order chi connectivity index (χ0) is 16.7. The van der Waals surface area contributed by atoms with Gasteiger partial charge >= 0.3 is 0 Å². The van der Waals surface area contributed by atoms with E-state index in [0.29, 0.717) is 37.1 Å². The van der Waals surface area contributed by atoms with Gasteiger partial charge in [0.1, 0.15) is 11.9 Å². The Balaban J connectivity index is 1.54. The van der Waals surface area contributed by atoms with E-state index >= 15 is 0 Å². The molecule has 2 aliphatic rings. The number of nitrogens with one attached hydrogen (secondary N) is 1. The molecule has 4 rings (SSSR count). The molecule has 1 saturated heterocycles. The van der Waals surface area contributed by atoms with Crippen LogP contribution in [-0.2, 0) is 0 Å². The minimum atomic E-state index is -0.432. The SMILES string of the molecule is CN1C(=O)c2ccccc2NC12CCN(C(=O)c1ccoc1)CC2. The number of hydrogen-bond donors (Lipinski definition) is 1. The highest BCUT2D eigenvalue weighted by atomic mass is 16.3. The molecule has 0 bridgehead atoms. The Morgan fingerprint density at radius 3 is 2.67 bits per heavy atom. The molecule has 0 atom stereocenters. The third-order valence-electron chi connectivity index (χ3n) is 5.12. The van der Waals surface area contributed by atoms with Crippen LogP contribution in [0.3, 0.4) is 0 Å². The lowest BCUT2D eigenvalue weighted by Gasteiger charge is -2.50. The Labute approximate surface area is 140 Å². The van der Waals surface area contributed by atoms with Gasteiger partial charge in [0.15, 0.2) is 0 Å². The molecule has 24 heavy (non-hydrogen) atoms. The molecule has 0 radical (unpaired) electrons. The monoisotopic (exact) mass is 325 g/mol. The van der Waals surface area contributed by atoms with E-state index in [4.69, 9.17) is 4.42 Å². The molecule has 2 amide bonds. The second-order valence-electron chi connectivity index (χ2n) is 6.37. The van der Waals surface area contributed by atoms with Crippen LogP contribution < -0.4 is 5.32 Å². The standard InChI is InChI=1S/C18H19N3O3/c1-20-17(23)14-4-2-3-5-15(14)19-18(20)7-9-21(10-8-18)16(22)13-6-11-24-12-13/h2-6,11-12,19H,7-10H2,1H3. The summed E-state index contributed by atoms with van der Waals surface area (Å²) in [6.07, 6.45) is 4.35. The Morgan fingerprint density at radius 1 is 1.21 bits per heavy atom. The number of carbonyl (C=O) groups excluding carboxylic acids is 2. The Hall–Kier alpha value is -2.76. The molecular formula is C18H19N3O3. The topological polar surface area (TPSA) is 65.8 Å². The average molecular weight is 325 g/mol. The number of piperidine rings is 1. The summed E-state index contributed by atoms with van der Waals surface area (Å²) in [4.78, 5) is 28.7. The highest BCUT2D eigenvalue weighted by Crippen LogP contribution is 2.36. The lowest BCUT2D eigenvalue weighted by Crippen LogP contribution is -2.63. The van der Waals surface area contributed by atoms with Crippen molar-refractivity contribution < 1.29 is 14.0 Å². The summed E-state index contributed by atoms with van der Waals surface area (Å²) in [5, 5.41) is 3.54. The van der Waals surface area contributed by atoms with Crippen LogP contribution in [0.1, 0.15) is 33.6 Å². The number of anilines is 1. The highest BCUT2D eigenvalue weighted by Gasteiger charge is 2.45. The summed E-state index contributed by atoms with van der Waals surface area (Å²) in [5.41, 5.74) is 1.70. The average Bonchev–Trinajstić information content (AvgIpc) is 3.15. The molecule has 2 aliphatic heterocycles. The number of benzene rings is 1. The molecule has 0 unspecified atom stereocenters. The molecule has 6 heteroatoms. The van der Waals surface area contributed by atoms with Crippen LogP contribution in [-0.4, -0.2) is 47.4 Å². The second-order valence-corrected chi connectivity index (χ2v) is 6.37. The summed E-state index contributed by atoms with van der Waals surface area (Å²) in [6.45, 7) is 1.19. The second kappa shape index (κ2) is 5.40. The maximum absolute atomic E-state index is 12.7. The molecule has 1 spiro atoms. The van der Waals surface area contributed by atoms with Crippen LogP contribution in [0.2, 0.25) is 0 Å². The van der Waals surface area contributed by atoms with Gasteiger partial charge in [-0.3, -0.25) is 9.59 Å². The molecular weight excluding hydrogens is 306 g/mol. The Bertz CT molecular complexity index is 777. The van der Waals surface area contributed by atoms with E-state index in [1.165, 1.54) is 12.5 Å². The van der Waals surface area contributed by atoms with Gasteiger partial charge in [0.05, 0.1) is 17.4 Å². The molecule has 1 N–H and O–H groups in total. The van der Waals surface area contributed by atoms with E-state index in [2.05, 4.69) is 5.32 Å². The van der Waals surface area contributed by atoms with Crippen molar-refractivity contribution in [1.82, 2.24) is 9.80 Å². The third-order valence-corrected chi connectivity index (χ3v) is 5.12. The number of hydrogen-bond acceptors (Lipinski definition) is 4. The number of carbonyl (C=O) groups is 2. The molecule has 3 heterocycles. The van der Waals surface area contributed by atoms with E-state index < -0.39 is 5.66 Å². The van der Waals surface area contributed by atoms with Gasteiger partial charge in [0.25, 0.3) is 11.8 Å². The van der Waals surface area contributed by atoms with Crippen LogP contribution in [0, 0.1) is 0 Å². The maximum Gasteiger partial charge on any atom is 0.257 e. The molecule has 6 nitrogen and oxygen atoms in total. The summed E-state index contributed by atoms with van der Waals surface area (Å²) in [5.74, 6) is 0.00255. The Morgan fingerprint density at radius 2 is 1.96 bits per heavy atom. The minimum Gasteiger partial charge on any atom is -0.472 e. The number of nitrogens with zero attached hydrogens (tertiary/aromatic N) is 2. The molecule has 124 valence electrons. The third kappa shape index (κ3) is 2.18. The fourth-order valence-corrected chi connectivity index (χ4v) is 3.60. The molecule has 1 aromatic carbocycles. The van der Waals surface area contributed by atoms with Crippen LogP contribution in [0.4, 0.5) is 5.69 Å². The van der Waals surface area contributed by atoms with Crippen molar-refractivity contribution >= 4 is 17.5 Å². The fourth-order valence-electron chi connectivity index (χ4n) is 3.60. The first kappa shape index (κ1) is 14.8. The van der Waals surface area contributed by atoms with Gasteiger partial charge in [-0.05, 0) is 18.2 Å². The molecule has 2 aromatic rings. The number of fused-ring (bicyclic) bond motifs is 1. The summed E-state index contributed by atoms with van der Waals surface area (Å²) >= 11 is 0. The minimum absolute atomic E-state index is 0.0243. The predicted octanol–water partition coefficient (Wildman–Crippen LogP) is 2.41. The van der Waals surface area contributed by atoms with E-state index in [0.717, 1.165) is 5.69 Å². The molecule has 0 aliphatic carbocycles. The van der Waals surface area contributed by atoms with Crippen molar-refractivity contribution in [2.24, 2.45) is 0 Å². The van der Waals surface area contributed by atoms with Crippen molar-refractivity contribution in [3.8, 4) is 0 Å². The van der Waals surface area contributed by atoms with Gasteiger partial charge in [-0.15, -0.1) is 0 Å². The number of para-hydroxylation sites is 1. The van der Waals surface area contributed by atoms with E-state index in [1.807, 2.05) is 36.2 Å². The van der Waals surface area contributed by atoms with Crippen LogP contribution in [0.25, 0.3) is 0 Å². The quantitative estimate of drug-likeness (QED) is 0.874. The molecule has 1 fully saturated rings. The van der Waals surface area contributed by atoms with E-state index in [9.17, 15) is 9.59 Å². The van der Waals surface area contributed by atoms with Gasteiger partial charge in [0.2, 0.25) is 0 Å². The van der Waals surface area contributed by atoms with Crippen molar-refractivity contribution in [3.63, 3.8) is 0 Å². The highest BCUT2D eigenvalue weighted by molar-refractivity contribution is 6.02. The van der Waals surface area contributed by atoms with E-state index in [-0.39, 0.29) is 11.8 Å². The predicted molar refractivity (Wildman–Crippen MR) is 88.7 cm³/mol. The smallest absolute Gasteiger partial charge is 0.257 e. The first-order valence-electron chi connectivity index (χ1n) is 8.08. The largest absolute Gasteiger partial charge is 0.472 e. The number of amides is 2. The first-order valence-corrected chi connectivity index (χ1v) is 8.08. The number of likely N-dealkylation sites (tertiary alicyclic amines) is 1. The normalized spacial score (nSPS) is 19.1. The molecule has 0 saturated carbocycles. The van der Waals surface area contributed by atoms with Crippen molar-refractivity contribution in [2.75, 3.05) is 25.5 Å². The summed E-state index contributed by atoms with van der Waals surface area (Å²) in [6, 6.07) is 9.25. The lowest BCUT2D eigenvalue weighted by molar-refractivity contribution is 0.0347. The zero-order valence-electron chi connectivity index (χ0n) is 13.5. The summed E-state index contributed by atoms with van der Waals surface area (Å²) < 4.78 is 4.99. The fraction of sp³-hybridized carbons (Fsp3) is 0.333. The maximum atomic E-state index is 12.7. The molecule has 1 aromatic heterocycles. The van der Waals surface area contributed by atoms with Crippen LogP contribution in [0.5, 0.6) is 0 Å². The van der Waals surface area contributed by atoms with Crippen LogP contribution >= 0.6 is 0 Å². The number of rotatable bonds is 1. The van der Waals surface area contributed by atoms with Gasteiger partial charge < -0.3 is 19.5 Å². The van der Waals surface area contributed by atoms with Gasteiger partial charge in [-0.1, -0.05) is 12.1 Å². The zero-order valence-corrected chi connectivity index (χ0v) is 13.5. The van der Waals surface area contributed by atoms with Gasteiger partial charge in [0, 0.05) is 38.7 Å². The number of furan rings is 1. The van der Waals surface area contributed by atoms with E-state index in [1.54, 1.807) is 11.0 Å². The van der Waals surface area contributed by atoms with Gasteiger partial charge in [-0.2, -0.15) is 0 Å². The summed E-state index contributed by atoms with van der Waals surface area (Å²) in [7, 11) is 1.83. The first-order chi connectivity index (χ1) is 11.6. The van der Waals surface area contributed by atoms with Crippen molar-refractivity contribution in [2.45, 2.75) is 18.5 Å². The van der Waals surface area contributed by atoms with Crippen LogP contribution in [0.15, 0.2) is 47.3 Å². The van der Waals surface area contributed by atoms with Gasteiger partial charge in [-0.25, -0.2) is 0 Å². The van der Waals surface area contributed by atoms with Crippen molar-refractivity contribution in [3.05, 3.63) is 54.0 Å². The Kier molecular flexibility index (Phi) is 3.33. The van der Waals surface area contributed by atoms with Crippen molar-refractivity contribution in [1.29, 1.82) is 0 Å². The lowest BCUT2D eigenvalue weighted by atomic mass is 9.90.